The number of furan rings is 1. The molecule has 0 radical (unpaired) electrons. The number of halogens is 1. The molecule has 0 unspecified atom stereocenters. The predicted octanol–water partition coefficient (Wildman–Crippen LogP) is 2.22. The van der Waals surface area contributed by atoms with Crippen LogP contribution in [0.2, 0.25) is 0 Å². The van der Waals surface area contributed by atoms with Gasteiger partial charge in [-0.05, 0) is 58.3 Å². The molecule has 27 heavy (non-hydrogen) atoms. The Labute approximate surface area is 162 Å². The third kappa shape index (κ3) is 6.04. The van der Waals surface area contributed by atoms with Gasteiger partial charge in [0.05, 0.1) is 4.92 Å². The molecule has 0 aliphatic rings. The number of aliphatic hydroxyl groups is 1. The fourth-order valence-electron chi connectivity index (χ4n) is 2.01. The molecule has 0 aliphatic carbocycles. The second-order valence-electron chi connectivity index (χ2n) is 5.30. The standard InChI is InChI=1S/C17H16BrN3O6/c18-15-7-6-14(27-15)17(24)20-13(16(23)19-8-1-9-22)10-11-2-4-12(5-3-11)21(25)26/h2-7,10,22H,1,8-9H2,(H,19,23)(H,20,24)/b13-10-. The van der Waals surface area contributed by atoms with Crippen molar-refractivity contribution >= 4 is 39.5 Å². The first kappa shape index (κ1) is 20.3. The average molecular weight is 438 g/mol. The van der Waals surface area contributed by atoms with Crippen molar-refractivity contribution < 1.29 is 24.0 Å². The Morgan fingerprint density at radius 1 is 1.22 bits per heavy atom. The van der Waals surface area contributed by atoms with Crippen molar-refractivity contribution in [1.82, 2.24) is 10.6 Å². The first-order valence-corrected chi connectivity index (χ1v) is 8.62. The summed E-state index contributed by atoms with van der Waals surface area (Å²) in [6.45, 7) is 0.129. The Morgan fingerprint density at radius 3 is 2.48 bits per heavy atom. The predicted molar refractivity (Wildman–Crippen MR) is 99.7 cm³/mol. The van der Waals surface area contributed by atoms with Gasteiger partial charge in [-0.1, -0.05) is 0 Å². The van der Waals surface area contributed by atoms with Crippen LogP contribution < -0.4 is 10.6 Å². The number of carbonyl (C=O) groups excluding carboxylic acids is 2. The molecule has 3 N–H and O–H groups in total. The third-order valence-corrected chi connectivity index (χ3v) is 3.75. The van der Waals surface area contributed by atoms with Gasteiger partial charge in [-0.25, -0.2) is 0 Å². The first-order valence-electron chi connectivity index (χ1n) is 7.82. The van der Waals surface area contributed by atoms with Crippen molar-refractivity contribution in [1.29, 1.82) is 0 Å². The molecule has 9 nitrogen and oxygen atoms in total. The van der Waals surface area contributed by atoms with Gasteiger partial charge < -0.3 is 20.2 Å². The molecule has 2 rings (SSSR count). The second-order valence-corrected chi connectivity index (χ2v) is 6.08. The summed E-state index contributed by atoms with van der Waals surface area (Å²) < 4.78 is 5.52. The maximum atomic E-state index is 12.3. The molecule has 10 heteroatoms. The van der Waals surface area contributed by atoms with Gasteiger partial charge in [0.2, 0.25) is 0 Å². The molecule has 0 spiro atoms. The fraction of sp³-hybridized carbons (Fsp3) is 0.176. The van der Waals surface area contributed by atoms with Crippen LogP contribution in [0.25, 0.3) is 6.08 Å². The van der Waals surface area contributed by atoms with Gasteiger partial charge in [0.15, 0.2) is 10.4 Å². The summed E-state index contributed by atoms with van der Waals surface area (Å²) >= 11 is 3.09. The molecule has 1 heterocycles. The number of hydrogen-bond acceptors (Lipinski definition) is 6. The summed E-state index contributed by atoms with van der Waals surface area (Å²) in [6.07, 6.45) is 1.74. The van der Waals surface area contributed by atoms with E-state index in [0.29, 0.717) is 16.7 Å². The van der Waals surface area contributed by atoms with Crippen LogP contribution in [0.5, 0.6) is 0 Å². The van der Waals surface area contributed by atoms with E-state index < -0.39 is 16.7 Å². The van der Waals surface area contributed by atoms with E-state index >= 15 is 0 Å². The number of nitrogens with one attached hydrogen (secondary N) is 2. The molecule has 0 fully saturated rings. The van der Waals surface area contributed by atoms with Crippen LogP contribution in [0.1, 0.15) is 22.5 Å². The topological polar surface area (TPSA) is 135 Å². The summed E-state index contributed by atoms with van der Waals surface area (Å²) in [7, 11) is 0. The summed E-state index contributed by atoms with van der Waals surface area (Å²) in [5.74, 6) is -1.20. The number of non-ortho nitro benzene ring substituents is 1. The summed E-state index contributed by atoms with van der Waals surface area (Å²) in [5, 5.41) is 24.6. The van der Waals surface area contributed by atoms with Crippen LogP contribution in [-0.2, 0) is 4.79 Å². The molecule has 1 aromatic carbocycles. The Kier molecular flexibility index (Phi) is 7.26. The number of nitro benzene ring substituents is 1. The van der Waals surface area contributed by atoms with Crippen LogP contribution in [0.3, 0.4) is 0 Å². The van der Waals surface area contributed by atoms with Crippen LogP contribution in [-0.4, -0.2) is 35.0 Å². The van der Waals surface area contributed by atoms with Gasteiger partial charge in [-0.2, -0.15) is 0 Å². The van der Waals surface area contributed by atoms with Gasteiger partial charge in [0, 0.05) is 25.3 Å². The van der Waals surface area contributed by atoms with Gasteiger partial charge in [0.25, 0.3) is 17.5 Å². The highest BCUT2D eigenvalue weighted by molar-refractivity contribution is 9.10. The van der Waals surface area contributed by atoms with E-state index in [2.05, 4.69) is 26.6 Å². The van der Waals surface area contributed by atoms with Crippen molar-refractivity contribution in [2.75, 3.05) is 13.2 Å². The lowest BCUT2D eigenvalue weighted by Gasteiger charge is -2.10. The molecule has 0 saturated carbocycles. The number of carbonyl (C=O) groups is 2. The zero-order valence-corrected chi connectivity index (χ0v) is 15.6. The number of hydrogen-bond donors (Lipinski definition) is 3. The maximum Gasteiger partial charge on any atom is 0.291 e. The molecule has 0 saturated heterocycles. The minimum atomic E-state index is -0.633. The molecular weight excluding hydrogens is 422 g/mol. The van der Waals surface area contributed by atoms with Gasteiger partial charge in [-0.15, -0.1) is 0 Å². The smallest absolute Gasteiger partial charge is 0.291 e. The average Bonchev–Trinajstić information content (AvgIpc) is 3.08. The molecule has 2 aromatic rings. The minimum Gasteiger partial charge on any atom is -0.444 e. The highest BCUT2D eigenvalue weighted by Crippen LogP contribution is 2.16. The number of amides is 2. The molecule has 1 aromatic heterocycles. The van der Waals surface area contributed by atoms with Gasteiger partial charge >= 0.3 is 0 Å². The number of rotatable bonds is 8. The normalized spacial score (nSPS) is 11.1. The Hall–Kier alpha value is -2.98. The molecule has 2 amide bonds. The van der Waals surface area contributed by atoms with Crippen molar-refractivity contribution in [2.24, 2.45) is 0 Å². The first-order chi connectivity index (χ1) is 12.9. The van der Waals surface area contributed by atoms with E-state index in [-0.39, 0.29) is 30.3 Å². The van der Waals surface area contributed by atoms with Crippen molar-refractivity contribution in [3.05, 3.63) is 68.2 Å². The van der Waals surface area contributed by atoms with E-state index in [0.717, 1.165) is 0 Å². The lowest BCUT2D eigenvalue weighted by Crippen LogP contribution is -2.35. The molecule has 0 atom stereocenters. The third-order valence-electron chi connectivity index (χ3n) is 3.33. The second kappa shape index (κ2) is 9.64. The lowest BCUT2D eigenvalue weighted by molar-refractivity contribution is -0.384. The van der Waals surface area contributed by atoms with Crippen molar-refractivity contribution in [3.63, 3.8) is 0 Å². The van der Waals surface area contributed by atoms with E-state index in [1.807, 2.05) is 0 Å². The van der Waals surface area contributed by atoms with E-state index in [4.69, 9.17) is 9.52 Å². The van der Waals surface area contributed by atoms with Crippen LogP contribution in [0.4, 0.5) is 5.69 Å². The number of nitrogens with zero attached hydrogens (tertiary/aromatic N) is 1. The monoisotopic (exact) mass is 437 g/mol. The molecule has 0 bridgehead atoms. The number of nitro groups is 1. The lowest BCUT2D eigenvalue weighted by atomic mass is 10.1. The Balaban J connectivity index is 2.23. The van der Waals surface area contributed by atoms with Gasteiger partial charge in [0.1, 0.15) is 5.70 Å². The quantitative estimate of drug-likeness (QED) is 0.250. The maximum absolute atomic E-state index is 12.3. The van der Waals surface area contributed by atoms with E-state index in [9.17, 15) is 19.7 Å². The number of benzene rings is 1. The number of aliphatic hydroxyl groups excluding tert-OH is 1. The summed E-state index contributed by atoms with van der Waals surface area (Å²) in [5.41, 5.74) is 0.318. The van der Waals surface area contributed by atoms with E-state index in [1.54, 1.807) is 0 Å². The molecular formula is C17H16BrN3O6. The highest BCUT2D eigenvalue weighted by atomic mass is 79.9. The SMILES string of the molecule is O=C(NCCCO)/C(=C/c1ccc([N+](=O)[O-])cc1)NC(=O)c1ccc(Br)o1. The zero-order valence-electron chi connectivity index (χ0n) is 14.0. The largest absolute Gasteiger partial charge is 0.444 e. The van der Waals surface area contributed by atoms with Crippen molar-refractivity contribution in [3.8, 4) is 0 Å². The minimum absolute atomic E-state index is 0.000340. The molecule has 142 valence electrons. The van der Waals surface area contributed by atoms with Gasteiger partial charge in [-0.3, -0.25) is 19.7 Å². The summed E-state index contributed by atoms with van der Waals surface area (Å²) in [4.78, 5) is 34.8. The van der Waals surface area contributed by atoms with Crippen LogP contribution in [0, 0.1) is 10.1 Å². The van der Waals surface area contributed by atoms with Crippen molar-refractivity contribution in [2.45, 2.75) is 6.42 Å². The summed E-state index contributed by atoms with van der Waals surface area (Å²) in [6, 6.07) is 8.46. The highest BCUT2D eigenvalue weighted by Gasteiger charge is 2.17. The van der Waals surface area contributed by atoms with Crippen LogP contribution >= 0.6 is 15.9 Å². The van der Waals surface area contributed by atoms with Crippen LogP contribution in [0.15, 0.2) is 51.2 Å². The fourth-order valence-corrected chi connectivity index (χ4v) is 2.32. The Bertz CT molecular complexity index is 860. The Morgan fingerprint density at radius 2 is 1.93 bits per heavy atom. The zero-order chi connectivity index (χ0) is 19.8. The molecule has 0 aliphatic heterocycles. The van der Waals surface area contributed by atoms with E-state index in [1.165, 1.54) is 42.5 Å².